The van der Waals surface area contributed by atoms with Gasteiger partial charge in [-0.15, -0.1) is 0 Å². The van der Waals surface area contributed by atoms with E-state index >= 15 is 0 Å². The van der Waals surface area contributed by atoms with Gasteiger partial charge in [0.2, 0.25) is 0 Å². The number of unbranched alkanes of at least 4 members (excludes halogenated alkanes) is 1. The highest BCUT2D eigenvalue weighted by Crippen LogP contribution is 2.40. The van der Waals surface area contributed by atoms with Crippen LogP contribution in [-0.2, 0) is 6.42 Å². The fourth-order valence-corrected chi connectivity index (χ4v) is 5.42. The van der Waals surface area contributed by atoms with Crippen LogP contribution in [0, 0.1) is 5.41 Å². The summed E-state index contributed by atoms with van der Waals surface area (Å²) in [5, 5.41) is 22.7. The molecule has 188 valence electrons. The molecule has 1 unspecified atom stereocenters. The molecule has 3 heterocycles. The highest BCUT2D eigenvalue weighted by Gasteiger charge is 2.34. The van der Waals surface area contributed by atoms with Crippen LogP contribution in [0.25, 0.3) is 10.9 Å². The third-order valence-corrected chi connectivity index (χ3v) is 7.79. The van der Waals surface area contributed by atoms with E-state index in [2.05, 4.69) is 20.9 Å². The van der Waals surface area contributed by atoms with E-state index in [1.165, 1.54) is 0 Å². The van der Waals surface area contributed by atoms with Gasteiger partial charge in [0.25, 0.3) is 0 Å². The molecule has 3 aromatic rings. The number of fused-ring (bicyclic) bond motifs is 1. The lowest BCUT2D eigenvalue weighted by molar-refractivity contribution is 0.0233. The molecule has 6 nitrogen and oxygen atoms in total. The highest BCUT2D eigenvalue weighted by atomic mass is 35.5. The van der Waals surface area contributed by atoms with Gasteiger partial charge in [0, 0.05) is 35.6 Å². The smallest absolute Gasteiger partial charge is 0.119 e. The Labute approximate surface area is 212 Å². The second kappa shape index (κ2) is 12.1. The van der Waals surface area contributed by atoms with Crippen molar-refractivity contribution in [3.8, 4) is 5.75 Å². The second-order valence-corrected chi connectivity index (χ2v) is 10.1. The first-order valence-electron chi connectivity index (χ1n) is 12.6. The summed E-state index contributed by atoms with van der Waals surface area (Å²) in [6.45, 7) is 3.19. The molecule has 2 aromatic heterocycles. The SMILES string of the molecule is COc1ccc2ncc(Cl)c(C(O)CCC3(CO)CCN(CCCCc4ccccn4)CC3)c2c1. The monoisotopic (exact) mass is 497 g/mol. The summed E-state index contributed by atoms with van der Waals surface area (Å²) in [6.07, 6.45) is 9.21. The van der Waals surface area contributed by atoms with Gasteiger partial charge in [-0.2, -0.15) is 0 Å². The maximum atomic E-state index is 11.1. The summed E-state index contributed by atoms with van der Waals surface area (Å²) in [5.74, 6) is 0.703. The Morgan fingerprint density at radius 1 is 1.14 bits per heavy atom. The molecule has 1 aliphatic heterocycles. The van der Waals surface area contributed by atoms with Crippen LogP contribution in [0.3, 0.4) is 0 Å². The van der Waals surface area contributed by atoms with E-state index in [1.54, 1.807) is 13.3 Å². The Morgan fingerprint density at radius 2 is 1.97 bits per heavy atom. The zero-order valence-corrected chi connectivity index (χ0v) is 21.3. The maximum absolute atomic E-state index is 11.1. The third kappa shape index (κ3) is 6.50. The molecule has 0 saturated carbocycles. The number of piperidine rings is 1. The van der Waals surface area contributed by atoms with Gasteiger partial charge in [0.05, 0.1) is 23.8 Å². The molecular weight excluding hydrogens is 462 g/mol. The number of rotatable bonds is 11. The quantitative estimate of drug-likeness (QED) is 0.354. The van der Waals surface area contributed by atoms with Crippen molar-refractivity contribution in [1.82, 2.24) is 14.9 Å². The molecule has 0 aliphatic carbocycles. The molecule has 0 bridgehead atoms. The van der Waals surface area contributed by atoms with Gasteiger partial charge in [0.1, 0.15) is 5.75 Å². The summed E-state index contributed by atoms with van der Waals surface area (Å²) in [5.41, 5.74) is 2.47. The number of pyridine rings is 2. The van der Waals surface area contributed by atoms with E-state index < -0.39 is 6.10 Å². The highest BCUT2D eigenvalue weighted by molar-refractivity contribution is 6.32. The van der Waals surface area contributed by atoms with Gasteiger partial charge in [0.15, 0.2) is 0 Å². The van der Waals surface area contributed by atoms with E-state index in [0.29, 0.717) is 22.8 Å². The minimum atomic E-state index is -0.729. The molecule has 1 aliphatic rings. The Hall–Kier alpha value is -2.25. The molecule has 0 spiro atoms. The first kappa shape index (κ1) is 25.8. The maximum Gasteiger partial charge on any atom is 0.119 e. The third-order valence-electron chi connectivity index (χ3n) is 7.49. The number of aliphatic hydroxyl groups is 2. The van der Waals surface area contributed by atoms with E-state index in [9.17, 15) is 10.2 Å². The van der Waals surface area contributed by atoms with Gasteiger partial charge >= 0.3 is 0 Å². The predicted octanol–water partition coefficient (Wildman–Crippen LogP) is 5.20. The summed E-state index contributed by atoms with van der Waals surface area (Å²) in [4.78, 5) is 11.3. The van der Waals surface area contributed by atoms with Crippen molar-refractivity contribution < 1.29 is 14.9 Å². The van der Waals surface area contributed by atoms with Crippen LogP contribution in [0.15, 0.2) is 48.8 Å². The first-order chi connectivity index (χ1) is 17.0. The van der Waals surface area contributed by atoms with Crippen LogP contribution in [0.1, 0.15) is 55.9 Å². The molecule has 0 amide bonds. The first-order valence-corrected chi connectivity index (χ1v) is 12.9. The number of aryl methyl sites for hydroxylation is 1. The average Bonchev–Trinajstić information content (AvgIpc) is 2.90. The zero-order valence-electron chi connectivity index (χ0n) is 20.5. The van der Waals surface area contributed by atoms with Crippen LogP contribution in [0.5, 0.6) is 5.75 Å². The summed E-state index contributed by atoms with van der Waals surface area (Å²) >= 11 is 6.48. The lowest BCUT2D eigenvalue weighted by atomic mass is 9.74. The lowest BCUT2D eigenvalue weighted by Gasteiger charge is -2.41. The van der Waals surface area contributed by atoms with Gasteiger partial charge in [-0.3, -0.25) is 9.97 Å². The van der Waals surface area contributed by atoms with Gasteiger partial charge in [-0.1, -0.05) is 17.7 Å². The molecule has 1 saturated heterocycles. The topological polar surface area (TPSA) is 78.7 Å². The number of aromatic nitrogens is 2. The number of likely N-dealkylation sites (tertiary alicyclic amines) is 1. The molecule has 4 rings (SSSR count). The molecular formula is C28H36ClN3O3. The number of hydrogen-bond donors (Lipinski definition) is 2. The van der Waals surface area contributed by atoms with Crippen LogP contribution in [0.4, 0.5) is 0 Å². The lowest BCUT2D eigenvalue weighted by Crippen LogP contribution is -2.42. The van der Waals surface area contributed by atoms with E-state index in [0.717, 1.165) is 74.8 Å². The second-order valence-electron chi connectivity index (χ2n) is 9.74. The van der Waals surface area contributed by atoms with Crippen molar-refractivity contribution in [3.63, 3.8) is 0 Å². The standard InChI is InChI=1S/C28H36ClN3O3/c1-35-22-8-9-25-23(18-22)27(24(29)19-31-25)26(34)10-11-28(20-33)12-16-32(17-13-28)15-5-3-7-21-6-2-4-14-30-21/h2,4,6,8-9,14,18-19,26,33-34H,3,5,7,10-13,15-17,20H2,1H3. The Balaban J connectivity index is 1.30. The fourth-order valence-electron chi connectivity index (χ4n) is 5.15. The number of nitrogens with zero attached hydrogens (tertiary/aromatic N) is 3. The van der Waals surface area contributed by atoms with Crippen molar-refractivity contribution in [3.05, 3.63) is 65.1 Å². The van der Waals surface area contributed by atoms with Crippen LogP contribution >= 0.6 is 11.6 Å². The summed E-state index contributed by atoms with van der Waals surface area (Å²) < 4.78 is 5.36. The fraction of sp³-hybridized carbons (Fsp3) is 0.500. The van der Waals surface area contributed by atoms with Crippen molar-refractivity contribution in [2.24, 2.45) is 5.41 Å². The van der Waals surface area contributed by atoms with Crippen molar-refractivity contribution >= 4 is 22.5 Å². The summed E-state index contributed by atoms with van der Waals surface area (Å²) in [6, 6.07) is 11.7. The number of aliphatic hydroxyl groups excluding tert-OH is 2. The molecule has 2 N–H and O–H groups in total. The van der Waals surface area contributed by atoms with Gasteiger partial charge < -0.3 is 19.8 Å². The minimum absolute atomic E-state index is 0.145. The number of benzene rings is 1. The predicted molar refractivity (Wildman–Crippen MR) is 140 cm³/mol. The normalized spacial score (nSPS) is 16.9. The molecule has 1 aromatic carbocycles. The van der Waals surface area contributed by atoms with Crippen molar-refractivity contribution in [2.75, 3.05) is 33.4 Å². The number of methoxy groups -OCH3 is 1. The number of ether oxygens (including phenoxy) is 1. The Morgan fingerprint density at radius 3 is 2.69 bits per heavy atom. The number of halogens is 1. The van der Waals surface area contributed by atoms with Gasteiger partial charge in [-0.25, -0.2) is 0 Å². The Bertz CT molecular complexity index is 1090. The number of hydrogen-bond acceptors (Lipinski definition) is 6. The molecule has 35 heavy (non-hydrogen) atoms. The van der Waals surface area contributed by atoms with E-state index in [-0.39, 0.29) is 12.0 Å². The van der Waals surface area contributed by atoms with Crippen LogP contribution in [0.2, 0.25) is 5.02 Å². The van der Waals surface area contributed by atoms with Gasteiger partial charge in [-0.05, 0) is 100 Å². The van der Waals surface area contributed by atoms with Crippen molar-refractivity contribution in [2.45, 2.75) is 51.0 Å². The van der Waals surface area contributed by atoms with E-state index in [1.807, 2.05) is 36.5 Å². The molecule has 1 atom stereocenters. The Kier molecular flexibility index (Phi) is 8.95. The van der Waals surface area contributed by atoms with Crippen molar-refractivity contribution in [1.29, 1.82) is 0 Å². The van der Waals surface area contributed by atoms with Crippen LogP contribution < -0.4 is 4.74 Å². The molecule has 1 fully saturated rings. The van der Waals surface area contributed by atoms with E-state index in [4.69, 9.17) is 16.3 Å². The molecule has 7 heteroatoms. The summed E-state index contributed by atoms with van der Waals surface area (Å²) in [7, 11) is 1.62. The largest absolute Gasteiger partial charge is 0.497 e. The average molecular weight is 498 g/mol. The zero-order chi connectivity index (χ0) is 24.7. The van der Waals surface area contributed by atoms with Crippen LogP contribution in [-0.4, -0.2) is 58.4 Å². The molecule has 0 radical (unpaired) electrons. The minimum Gasteiger partial charge on any atom is -0.497 e.